The highest BCUT2D eigenvalue weighted by Crippen LogP contribution is 2.25. The van der Waals surface area contributed by atoms with Gasteiger partial charge in [0.15, 0.2) is 0 Å². The van der Waals surface area contributed by atoms with Gasteiger partial charge in [-0.1, -0.05) is 0 Å². The zero-order valence-corrected chi connectivity index (χ0v) is 7.79. The summed E-state index contributed by atoms with van der Waals surface area (Å²) in [5.41, 5.74) is 1.03. The summed E-state index contributed by atoms with van der Waals surface area (Å²) >= 11 is 0. The van der Waals surface area contributed by atoms with E-state index in [1.807, 2.05) is 13.0 Å². The van der Waals surface area contributed by atoms with Crippen LogP contribution in [0.25, 0.3) is 0 Å². The number of aliphatic hydroxyl groups excluding tert-OH is 1. The Bertz CT molecular complexity index is 276. The quantitative estimate of drug-likeness (QED) is 0.724. The van der Waals surface area contributed by atoms with Crippen LogP contribution in [0.2, 0.25) is 0 Å². The molecule has 0 radical (unpaired) electrons. The van der Waals surface area contributed by atoms with Crippen molar-refractivity contribution in [3.8, 4) is 0 Å². The summed E-state index contributed by atoms with van der Waals surface area (Å²) in [4.78, 5) is 0. The second-order valence-corrected chi connectivity index (χ2v) is 3.62. The van der Waals surface area contributed by atoms with E-state index in [9.17, 15) is 5.11 Å². The van der Waals surface area contributed by atoms with Gasteiger partial charge in [0.2, 0.25) is 0 Å². The third kappa shape index (κ3) is 1.62. The van der Waals surface area contributed by atoms with Crippen molar-refractivity contribution in [3.63, 3.8) is 0 Å². The van der Waals surface area contributed by atoms with Crippen LogP contribution in [-0.2, 0) is 0 Å². The Kier molecular flexibility index (Phi) is 2.38. The van der Waals surface area contributed by atoms with Crippen molar-refractivity contribution in [1.29, 1.82) is 0 Å². The molecule has 2 heterocycles. The number of aryl methyl sites for hydroxylation is 1. The van der Waals surface area contributed by atoms with Crippen molar-refractivity contribution in [2.24, 2.45) is 0 Å². The first kappa shape index (κ1) is 8.78. The summed E-state index contributed by atoms with van der Waals surface area (Å²) in [6.45, 7) is 2.96. The average Bonchev–Trinajstić information content (AvgIpc) is 2.72. The predicted octanol–water partition coefficient (Wildman–Crippen LogP) is 1.37. The zero-order chi connectivity index (χ0) is 9.26. The van der Waals surface area contributed by atoms with E-state index in [4.69, 9.17) is 4.42 Å². The van der Waals surface area contributed by atoms with Crippen molar-refractivity contribution in [1.82, 2.24) is 5.32 Å². The molecule has 1 fully saturated rings. The lowest BCUT2D eigenvalue weighted by atomic mass is 10.0. The molecule has 3 heteroatoms. The van der Waals surface area contributed by atoms with E-state index in [1.165, 1.54) is 0 Å². The summed E-state index contributed by atoms with van der Waals surface area (Å²) in [7, 11) is 0. The fourth-order valence-electron chi connectivity index (χ4n) is 1.85. The van der Waals surface area contributed by atoms with Gasteiger partial charge < -0.3 is 14.8 Å². The van der Waals surface area contributed by atoms with Crippen molar-refractivity contribution < 1.29 is 9.52 Å². The van der Waals surface area contributed by atoms with Gasteiger partial charge >= 0.3 is 0 Å². The lowest BCUT2D eigenvalue weighted by molar-refractivity contribution is 0.112. The number of hydrogen-bond acceptors (Lipinski definition) is 3. The molecule has 0 aromatic carbocycles. The molecular weight excluding hydrogens is 166 g/mol. The second kappa shape index (κ2) is 3.52. The highest BCUT2D eigenvalue weighted by molar-refractivity contribution is 5.18. The van der Waals surface area contributed by atoms with Gasteiger partial charge in [0.05, 0.1) is 6.26 Å². The first-order valence-corrected chi connectivity index (χ1v) is 4.74. The largest absolute Gasteiger partial charge is 0.466 e. The van der Waals surface area contributed by atoms with Crippen molar-refractivity contribution in [2.45, 2.75) is 31.9 Å². The molecule has 0 aliphatic carbocycles. The normalized spacial score (nSPS) is 24.9. The molecule has 2 atom stereocenters. The molecule has 1 aromatic rings. The third-order valence-corrected chi connectivity index (χ3v) is 2.65. The summed E-state index contributed by atoms with van der Waals surface area (Å²) in [6, 6.07) is 2.05. The maximum atomic E-state index is 9.93. The number of hydrogen-bond donors (Lipinski definition) is 2. The van der Waals surface area contributed by atoms with E-state index in [1.54, 1.807) is 6.26 Å². The van der Waals surface area contributed by atoms with E-state index in [-0.39, 0.29) is 6.04 Å². The lowest BCUT2D eigenvalue weighted by Crippen LogP contribution is -2.28. The van der Waals surface area contributed by atoms with Crippen LogP contribution in [-0.4, -0.2) is 17.7 Å². The van der Waals surface area contributed by atoms with Gasteiger partial charge in [0, 0.05) is 6.04 Å². The summed E-state index contributed by atoms with van der Waals surface area (Å²) in [6.07, 6.45) is 3.31. The Hall–Kier alpha value is -0.800. The average molecular weight is 181 g/mol. The van der Waals surface area contributed by atoms with Gasteiger partial charge in [0.1, 0.15) is 11.9 Å². The highest BCUT2D eigenvalue weighted by Gasteiger charge is 2.26. The van der Waals surface area contributed by atoms with Crippen molar-refractivity contribution in [2.75, 3.05) is 6.54 Å². The summed E-state index contributed by atoms with van der Waals surface area (Å²) < 4.78 is 5.25. The molecule has 0 amide bonds. The minimum absolute atomic E-state index is 0.171. The Morgan fingerprint density at radius 3 is 3.08 bits per heavy atom. The molecule has 0 spiro atoms. The second-order valence-electron chi connectivity index (χ2n) is 3.62. The minimum Gasteiger partial charge on any atom is -0.466 e. The van der Waals surface area contributed by atoms with Crippen LogP contribution in [0.5, 0.6) is 0 Å². The molecule has 1 aliphatic rings. The van der Waals surface area contributed by atoms with Gasteiger partial charge in [-0.3, -0.25) is 0 Å². The smallest absolute Gasteiger partial charge is 0.136 e. The number of nitrogens with one attached hydrogen (secondary N) is 1. The van der Waals surface area contributed by atoms with E-state index in [2.05, 4.69) is 5.32 Å². The molecule has 0 bridgehead atoms. The van der Waals surface area contributed by atoms with E-state index in [0.29, 0.717) is 5.76 Å². The summed E-state index contributed by atoms with van der Waals surface area (Å²) in [5, 5.41) is 13.2. The standard InChI is InChI=1S/C10H15NO2/c1-7-4-6-13-10(7)9(12)8-3-2-5-11-8/h4,6,8-9,11-12H,2-3,5H2,1H3. The zero-order valence-electron chi connectivity index (χ0n) is 7.79. The van der Waals surface area contributed by atoms with E-state index in [0.717, 1.165) is 24.9 Å². The molecule has 2 unspecified atom stereocenters. The maximum Gasteiger partial charge on any atom is 0.136 e. The van der Waals surface area contributed by atoms with Gasteiger partial charge in [-0.25, -0.2) is 0 Å². The van der Waals surface area contributed by atoms with E-state index >= 15 is 0 Å². The fraction of sp³-hybridized carbons (Fsp3) is 0.600. The molecule has 3 nitrogen and oxygen atoms in total. The van der Waals surface area contributed by atoms with Crippen molar-refractivity contribution in [3.05, 3.63) is 23.7 Å². The minimum atomic E-state index is -0.488. The van der Waals surface area contributed by atoms with Gasteiger partial charge in [-0.05, 0) is 37.9 Å². The predicted molar refractivity (Wildman–Crippen MR) is 49.4 cm³/mol. The molecular formula is C10H15NO2. The highest BCUT2D eigenvalue weighted by atomic mass is 16.4. The first-order chi connectivity index (χ1) is 6.29. The Morgan fingerprint density at radius 1 is 1.69 bits per heavy atom. The molecule has 1 saturated heterocycles. The summed E-state index contributed by atoms with van der Waals surface area (Å²) in [5.74, 6) is 0.708. The Morgan fingerprint density at radius 2 is 2.54 bits per heavy atom. The van der Waals surface area contributed by atoms with Gasteiger partial charge in [-0.2, -0.15) is 0 Å². The Balaban J connectivity index is 2.12. The number of aliphatic hydroxyl groups is 1. The topological polar surface area (TPSA) is 45.4 Å². The molecule has 1 aromatic heterocycles. The molecule has 2 rings (SSSR count). The third-order valence-electron chi connectivity index (χ3n) is 2.65. The van der Waals surface area contributed by atoms with Crippen LogP contribution in [0.1, 0.15) is 30.3 Å². The van der Waals surface area contributed by atoms with Crippen LogP contribution < -0.4 is 5.32 Å². The Labute approximate surface area is 77.8 Å². The number of furan rings is 1. The maximum absolute atomic E-state index is 9.93. The molecule has 0 saturated carbocycles. The van der Waals surface area contributed by atoms with Crippen LogP contribution in [0.3, 0.4) is 0 Å². The van der Waals surface area contributed by atoms with Crippen LogP contribution in [0, 0.1) is 6.92 Å². The lowest BCUT2D eigenvalue weighted by Gasteiger charge is -2.16. The monoisotopic (exact) mass is 181 g/mol. The molecule has 2 N–H and O–H groups in total. The van der Waals surface area contributed by atoms with E-state index < -0.39 is 6.10 Å². The van der Waals surface area contributed by atoms with Crippen LogP contribution in [0.15, 0.2) is 16.7 Å². The van der Waals surface area contributed by atoms with Gasteiger partial charge in [-0.15, -0.1) is 0 Å². The van der Waals surface area contributed by atoms with Crippen molar-refractivity contribution >= 4 is 0 Å². The van der Waals surface area contributed by atoms with Gasteiger partial charge in [0.25, 0.3) is 0 Å². The molecule has 72 valence electrons. The fourth-order valence-corrected chi connectivity index (χ4v) is 1.85. The number of rotatable bonds is 2. The molecule has 1 aliphatic heterocycles. The molecule has 13 heavy (non-hydrogen) atoms. The van der Waals surface area contributed by atoms with Crippen LogP contribution >= 0.6 is 0 Å². The first-order valence-electron chi connectivity index (χ1n) is 4.74. The van der Waals surface area contributed by atoms with Crippen LogP contribution in [0.4, 0.5) is 0 Å². The SMILES string of the molecule is Cc1ccoc1C(O)C1CCCN1.